The SMILES string of the molecule is N[C@H](C(=O)O)c1ccc(-c2ccc(Cl)cc2)cc1. The Morgan fingerprint density at radius 2 is 1.44 bits per heavy atom. The lowest BCUT2D eigenvalue weighted by Crippen LogP contribution is -2.20. The molecule has 0 saturated heterocycles. The van der Waals surface area contributed by atoms with Crippen molar-refractivity contribution >= 4 is 17.6 Å². The fourth-order valence-electron chi connectivity index (χ4n) is 1.67. The summed E-state index contributed by atoms with van der Waals surface area (Å²) in [7, 11) is 0. The van der Waals surface area contributed by atoms with Crippen LogP contribution in [0.15, 0.2) is 48.5 Å². The average molecular weight is 262 g/mol. The molecule has 0 aliphatic heterocycles. The van der Waals surface area contributed by atoms with E-state index in [0.717, 1.165) is 11.1 Å². The Morgan fingerprint density at radius 1 is 1.00 bits per heavy atom. The Balaban J connectivity index is 2.27. The highest BCUT2D eigenvalue weighted by Crippen LogP contribution is 2.23. The molecule has 2 aromatic rings. The maximum Gasteiger partial charge on any atom is 0.325 e. The van der Waals surface area contributed by atoms with E-state index in [1.54, 1.807) is 12.1 Å². The molecular formula is C14H12ClNO2. The minimum atomic E-state index is -1.03. The first-order valence-corrected chi connectivity index (χ1v) is 5.80. The fourth-order valence-corrected chi connectivity index (χ4v) is 1.79. The molecule has 0 bridgehead atoms. The summed E-state index contributed by atoms with van der Waals surface area (Å²) in [6, 6.07) is 13.6. The number of rotatable bonds is 3. The molecule has 18 heavy (non-hydrogen) atoms. The lowest BCUT2D eigenvalue weighted by molar-refractivity contribution is -0.138. The van der Waals surface area contributed by atoms with Crippen LogP contribution in [0.25, 0.3) is 11.1 Å². The van der Waals surface area contributed by atoms with Gasteiger partial charge in [0.2, 0.25) is 0 Å². The van der Waals surface area contributed by atoms with Gasteiger partial charge in [-0.1, -0.05) is 48.0 Å². The van der Waals surface area contributed by atoms with Gasteiger partial charge in [-0.25, -0.2) is 0 Å². The molecule has 0 radical (unpaired) electrons. The van der Waals surface area contributed by atoms with Gasteiger partial charge in [0.1, 0.15) is 6.04 Å². The second-order valence-corrected chi connectivity index (χ2v) is 4.38. The number of carboxylic acids is 1. The van der Waals surface area contributed by atoms with Crippen molar-refractivity contribution in [3.8, 4) is 11.1 Å². The van der Waals surface area contributed by atoms with Gasteiger partial charge in [-0.15, -0.1) is 0 Å². The zero-order chi connectivity index (χ0) is 13.1. The average Bonchev–Trinajstić information content (AvgIpc) is 2.39. The summed E-state index contributed by atoms with van der Waals surface area (Å²) >= 11 is 5.82. The molecule has 0 spiro atoms. The van der Waals surface area contributed by atoms with Gasteiger partial charge in [-0.2, -0.15) is 0 Å². The van der Waals surface area contributed by atoms with Crippen molar-refractivity contribution in [3.63, 3.8) is 0 Å². The Labute approximate surface area is 110 Å². The summed E-state index contributed by atoms with van der Waals surface area (Å²) in [6.45, 7) is 0. The van der Waals surface area contributed by atoms with Crippen LogP contribution in [0, 0.1) is 0 Å². The van der Waals surface area contributed by atoms with Crippen molar-refractivity contribution in [3.05, 3.63) is 59.1 Å². The maximum absolute atomic E-state index is 10.8. The van der Waals surface area contributed by atoms with E-state index in [2.05, 4.69) is 0 Å². The largest absolute Gasteiger partial charge is 0.480 e. The molecule has 2 rings (SSSR count). The summed E-state index contributed by atoms with van der Waals surface area (Å²) in [5.74, 6) is -1.03. The highest BCUT2D eigenvalue weighted by molar-refractivity contribution is 6.30. The third-order valence-corrected chi connectivity index (χ3v) is 2.97. The molecule has 0 aliphatic rings. The molecule has 0 fully saturated rings. The van der Waals surface area contributed by atoms with Gasteiger partial charge in [-0.05, 0) is 28.8 Å². The van der Waals surface area contributed by atoms with E-state index >= 15 is 0 Å². The van der Waals surface area contributed by atoms with Crippen LogP contribution in [0.3, 0.4) is 0 Å². The molecule has 4 heteroatoms. The molecule has 3 nitrogen and oxygen atoms in total. The number of benzene rings is 2. The predicted molar refractivity (Wildman–Crippen MR) is 71.5 cm³/mol. The summed E-state index contributed by atoms with van der Waals surface area (Å²) < 4.78 is 0. The summed E-state index contributed by atoms with van der Waals surface area (Å²) in [5, 5.41) is 9.50. The number of carboxylic acid groups (broad SMARTS) is 1. The minimum Gasteiger partial charge on any atom is -0.480 e. The van der Waals surface area contributed by atoms with Gasteiger partial charge in [-0.3, -0.25) is 4.79 Å². The zero-order valence-corrected chi connectivity index (χ0v) is 10.3. The van der Waals surface area contributed by atoms with Crippen LogP contribution in [0.4, 0.5) is 0 Å². The van der Waals surface area contributed by atoms with Gasteiger partial charge < -0.3 is 10.8 Å². The lowest BCUT2D eigenvalue weighted by Gasteiger charge is -2.08. The Morgan fingerprint density at radius 3 is 1.89 bits per heavy atom. The van der Waals surface area contributed by atoms with Crippen LogP contribution < -0.4 is 5.73 Å². The van der Waals surface area contributed by atoms with E-state index in [1.165, 1.54) is 0 Å². The topological polar surface area (TPSA) is 63.3 Å². The Hall–Kier alpha value is -1.84. The normalized spacial score (nSPS) is 12.1. The lowest BCUT2D eigenvalue weighted by atomic mass is 10.0. The van der Waals surface area contributed by atoms with Crippen LogP contribution in [0.2, 0.25) is 5.02 Å². The van der Waals surface area contributed by atoms with E-state index in [0.29, 0.717) is 10.6 Å². The van der Waals surface area contributed by atoms with Gasteiger partial charge >= 0.3 is 5.97 Å². The Kier molecular flexibility index (Phi) is 3.65. The number of hydrogen-bond donors (Lipinski definition) is 2. The second kappa shape index (κ2) is 5.21. The van der Waals surface area contributed by atoms with Crippen molar-refractivity contribution < 1.29 is 9.90 Å². The van der Waals surface area contributed by atoms with Crippen molar-refractivity contribution in [1.29, 1.82) is 0 Å². The van der Waals surface area contributed by atoms with Crippen LogP contribution >= 0.6 is 11.6 Å². The molecule has 3 N–H and O–H groups in total. The van der Waals surface area contributed by atoms with Crippen molar-refractivity contribution in [1.82, 2.24) is 0 Å². The molecule has 0 unspecified atom stereocenters. The van der Waals surface area contributed by atoms with E-state index < -0.39 is 12.0 Å². The number of aliphatic carboxylic acids is 1. The number of hydrogen-bond acceptors (Lipinski definition) is 2. The van der Waals surface area contributed by atoms with Crippen molar-refractivity contribution in [2.75, 3.05) is 0 Å². The number of nitrogens with two attached hydrogens (primary N) is 1. The molecule has 1 atom stereocenters. The third kappa shape index (κ3) is 2.70. The monoisotopic (exact) mass is 261 g/mol. The second-order valence-electron chi connectivity index (χ2n) is 3.94. The Bertz CT molecular complexity index is 549. The first kappa shape index (κ1) is 12.6. The molecule has 0 aromatic heterocycles. The van der Waals surface area contributed by atoms with Crippen LogP contribution in [0.5, 0.6) is 0 Å². The van der Waals surface area contributed by atoms with Crippen LogP contribution in [0.1, 0.15) is 11.6 Å². The molecule has 0 heterocycles. The van der Waals surface area contributed by atoms with Gasteiger partial charge in [0.05, 0.1) is 0 Å². The molecule has 0 amide bonds. The molecule has 92 valence electrons. The van der Waals surface area contributed by atoms with E-state index in [1.807, 2.05) is 36.4 Å². The molecular weight excluding hydrogens is 250 g/mol. The quantitative estimate of drug-likeness (QED) is 0.892. The fraction of sp³-hybridized carbons (Fsp3) is 0.0714. The van der Waals surface area contributed by atoms with Gasteiger partial charge in [0, 0.05) is 5.02 Å². The third-order valence-electron chi connectivity index (χ3n) is 2.71. The maximum atomic E-state index is 10.8. The molecule has 0 saturated carbocycles. The highest BCUT2D eigenvalue weighted by atomic mass is 35.5. The van der Waals surface area contributed by atoms with E-state index in [-0.39, 0.29) is 0 Å². The van der Waals surface area contributed by atoms with Gasteiger partial charge in [0.25, 0.3) is 0 Å². The smallest absolute Gasteiger partial charge is 0.325 e. The number of carbonyl (C=O) groups is 1. The van der Waals surface area contributed by atoms with Crippen LogP contribution in [-0.2, 0) is 4.79 Å². The first-order valence-electron chi connectivity index (χ1n) is 5.42. The minimum absolute atomic E-state index is 0.584. The summed E-state index contributed by atoms with van der Waals surface area (Å²) in [5.41, 5.74) is 8.13. The van der Waals surface area contributed by atoms with E-state index in [4.69, 9.17) is 22.4 Å². The van der Waals surface area contributed by atoms with Crippen LogP contribution in [-0.4, -0.2) is 11.1 Å². The van der Waals surface area contributed by atoms with Gasteiger partial charge in [0.15, 0.2) is 0 Å². The zero-order valence-electron chi connectivity index (χ0n) is 9.51. The first-order chi connectivity index (χ1) is 8.58. The molecule has 0 aliphatic carbocycles. The van der Waals surface area contributed by atoms with Crippen molar-refractivity contribution in [2.45, 2.75) is 6.04 Å². The highest BCUT2D eigenvalue weighted by Gasteiger charge is 2.13. The predicted octanol–water partition coefficient (Wildman–Crippen LogP) is 3.09. The summed E-state index contributed by atoms with van der Waals surface area (Å²) in [6.07, 6.45) is 0. The number of halogens is 1. The van der Waals surface area contributed by atoms with E-state index in [9.17, 15) is 4.79 Å². The standard InChI is InChI=1S/C14H12ClNO2/c15-12-7-5-10(6-8-12)9-1-3-11(4-2-9)13(16)14(17)18/h1-8,13H,16H2,(H,17,18)/t13-/m0/s1. The van der Waals surface area contributed by atoms with Crippen molar-refractivity contribution in [2.24, 2.45) is 5.73 Å². The molecule has 2 aromatic carbocycles. The summed E-state index contributed by atoms with van der Waals surface area (Å²) in [4.78, 5) is 10.8.